The summed E-state index contributed by atoms with van der Waals surface area (Å²) in [4.78, 5) is 11.5. The summed E-state index contributed by atoms with van der Waals surface area (Å²) in [5.41, 5.74) is 7.49. The van der Waals surface area contributed by atoms with Crippen molar-refractivity contribution >= 4 is 39.0 Å². The molecule has 5 heteroatoms. The molecule has 0 aliphatic heterocycles. The first-order chi connectivity index (χ1) is 8.69. The minimum atomic E-state index is 0.535. The fourth-order valence-corrected chi connectivity index (χ4v) is 4.19. The second kappa shape index (κ2) is 4.67. The number of thiophene rings is 1. The van der Waals surface area contributed by atoms with Crippen LogP contribution < -0.4 is 5.73 Å². The number of anilines is 1. The number of nitrogens with two attached hydrogens (primary N) is 1. The zero-order valence-corrected chi connectivity index (χ0v) is 11.9. The highest BCUT2D eigenvalue weighted by atomic mass is 35.5. The van der Waals surface area contributed by atoms with E-state index in [1.807, 2.05) is 0 Å². The molecule has 2 N–H and O–H groups in total. The van der Waals surface area contributed by atoms with Crippen LogP contribution in [0.4, 0.5) is 5.82 Å². The maximum Gasteiger partial charge on any atom is 0.136 e. The number of fused-ring (bicyclic) bond motifs is 3. The van der Waals surface area contributed by atoms with E-state index >= 15 is 0 Å². The monoisotopic (exact) mass is 281 g/mol. The topological polar surface area (TPSA) is 51.8 Å². The van der Waals surface area contributed by atoms with Crippen LogP contribution in [0.3, 0.4) is 0 Å². The maximum atomic E-state index is 6.10. The van der Waals surface area contributed by atoms with E-state index in [9.17, 15) is 0 Å². The number of alkyl halides is 1. The Hall–Kier alpha value is -0.870. The molecule has 0 saturated heterocycles. The van der Waals surface area contributed by atoms with Gasteiger partial charge in [0.25, 0.3) is 0 Å². The number of nitrogen functional groups attached to an aromatic ring is 1. The Morgan fingerprint density at radius 1 is 1.44 bits per heavy atom. The molecular formula is C13H16ClN3S. The average Bonchev–Trinajstić information content (AvgIpc) is 2.66. The van der Waals surface area contributed by atoms with Gasteiger partial charge in [-0.3, -0.25) is 0 Å². The van der Waals surface area contributed by atoms with Crippen molar-refractivity contribution in [2.45, 2.75) is 32.6 Å². The first-order valence-corrected chi connectivity index (χ1v) is 7.66. The number of halogens is 1. The standard InChI is InChI=1S/C13H16ClN3S/c1-7-2-3-8-9(6-7)18-13-11(8)12(15)16-10(17-13)4-5-14/h7H,2-6H2,1H3,(H2,15,16,17)/t7-/m1/s1. The first-order valence-electron chi connectivity index (χ1n) is 6.31. The van der Waals surface area contributed by atoms with Gasteiger partial charge in [0, 0.05) is 17.2 Å². The number of aromatic nitrogens is 2. The predicted octanol–water partition coefficient (Wildman–Crippen LogP) is 3.18. The van der Waals surface area contributed by atoms with E-state index in [4.69, 9.17) is 17.3 Å². The lowest BCUT2D eigenvalue weighted by molar-refractivity contribution is 0.509. The summed E-state index contributed by atoms with van der Waals surface area (Å²) in [6.45, 7) is 2.31. The highest BCUT2D eigenvalue weighted by Gasteiger charge is 2.22. The molecule has 0 radical (unpaired) electrons. The fraction of sp³-hybridized carbons (Fsp3) is 0.538. The van der Waals surface area contributed by atoms with Crippen molar-refractivity contribution in [3.63, 3.8) is 0 Å². The van der Waals surface area contributed by atoms with Gasteiger partial charge >= 0.3 is 0 Å². The van der Waals surface area contributed by atoms with Crippen LogP contribution in [-0.2, 0) is 19.3 Å². The number of rotatable bonds is 2. The van der Waals surface area contributed by atoms with Crippen LogP contribution in [0.25, 0.3) is 10.2 Å². The van der Waals surface area contributed by atoms with Gasteiger partial charge in [-0.25, -0.2) is 9.97 Å². The maximum absolute atomic E-state index is 6.10. The molecule has 0 fully saturated rings. The van der Waals surface area contributed by atoms with Gasteiger partial charge < -0.3 is 5.73 Å². The Kier molecular flexibility index (Phi) is 3.16. The third-order valence-corrected chi connectivity index (χ3v) is 4.88. The Labute approximate surface area is 115 Å². The van der Waals surface area contributed by atoms with Crippen LogP contribution in [0.15, 0.2) is 0 Å². The van der Waals surface area contributed by atoms with Gasteiger partial charge in [0.15, 0.2) is 0 Å². The molecule has 2 heterocycles. The molecule has 2 aromatic rings. The Morgan fingerprint density at radius 2 is 2.28 bits per heavy atom. The van der Waals surface area contributed by atoms with Crippen LogP contribution in [0, 0.1) is 5.92 Å². The lowest BCUT2D eigenvalue weighted by Crippen LogP contribution is -2.09. The van der Waals surface area contributed by atoms with E-state index in [2.05, 4.69) is 16.9 Å². The molecule has 1 aliphatic rings. The van der Waals surface area contributed by atoms with Crippen LogP contribution in [0.2, 0.25) is 0 Å². The van der Waals surface area contributed by atoms with Crippen molar-refractivity contribution in [3.05, 3.63) is 16.3 Å². The second-order valence-electron chi connectivity index (χ2n) is 5.00. The predicted molar refractivity (Wildman–Crippen MR) is 77.4 cm³/mol. The van der Waals surface area contributed by atoms with Crippen LogP contribution in [0.1, 0.15) is 29.6 Å². The van der Waals surface area contributed by atoms with Crippen molar-refractivity contribution in [1.29, 1.82) is 0 Å². The molecule has 0 aromatic carbocycles. The van der Waals surface area contributed by atoms with Gasteiger partial charge in [0.1, 0.15) is 16.5 Å². The zero-order valence-electron chi connectivity index (χ0n) is 10.4. The Balaban J connectivity index is 2.16. The lowest BCUT2D eigenvalue weighted by Gasteiger charge is -2.17. The van der Waals surface area contributed by atoms with Gasteiger partial charge in [-0.15, -0.1) is 22.9 Å². The molecule has 0 bridgehead atoms. The first kappa shape index (κ1) is 12.2. The largest absolute Gasteiger partial charge is 0.383 e. The van der Waals surface area contributed by atoms with E-state index in [1.165, 1.54) is 16.9 Å². The summed E-state index contributed by atoms with van der Waals surface area (Å²) in [7, 11) is 0. The van der Waals surface area contributed by atoms with Gasteiger partial charge in [0.05, 0.1) is 5.39 Å². The number of hydrogen-bond donors (Lipinski definition) is 1. The molecule has 1 aliphatic carbocycles. The second-order valence-corrected chi connectivity index (χ2v) is 6.46. The van der Waals surface area contributed by atoms with Crippen molar-refractivity contribution in [2.24, 2.45) is 5.92 Å². The van der Waals surface area contributed by atoms with E-state index in [0.29, 0.717) is 18.1 Å². The van der Waals surface area contributed by atoms with Crippen LogP contribution in [-0.4, -0.2) is 15.8 Å². The summed E-state index contributed by atoms with van der Waals surface area (Å²) in [6, 6.07) is 0. The minimum absolute atomic E-state index is 0.535. The summed E-state index contributed by atoms with van der Waals surface area (Å²) < 4.78 is 0. The summed E-state index contributed by atoms with van der Waals surface area (Å²) >= 11 is 7.53. The molecule has 96 valence electrons. The molecule has 2 aromatic heterocycles. The summed E-state index contributed by atoms with van der Waals surface area (Å²) in [6.07, 6.45) is 4.18. The summed E-state index contributed by atoms with van der Waals surface area (Å²) in [5.74, 6) is 2.70. The van der Waals surface area contributed by atoms with Crippen LogP contribution in [0.5, 0.6) is 0 Å². The number of nitrogens with zero attached hydrogens (tertiary/aromatic N) is 2. The van der Waals surface area contributed by atoms with Gasteiger partial charge in [-0.2, -0.15) is 0 Å². The molecule has 0 spiro atoms. The Bertz CT molecular complexity index is 593. The summed E-state index contributed by atoms with van der Waals surface area (Å²) in [5, 5.41) is 1.10. The smallest absolute Gasteiger partial charge is 0.136 e. The van der Waals surface area contributed by atoms with E-state index < -0.39 is 0 Å². The quantitative estimate of drug-likeness (QED) is 0.860. The molecule has 3 rings (SSSR count). The number of aryl methyl sites for hydroxylation is 2. The number of hydrogen-bond acceptors (Lipinski definition) is 4. The molecule has 18 heavy (non-hydrogen) atoms. The molecule has 0 amide bonds. The van der Waals surface area contributed by atoms with Crippen molar-refractivity contribution in [1.82, 2.24) is 9.97 Å². The molecule has 3 nitrogen and oxygen atoms in total. The van der Waals surface area contributed by atoms with Gasteiger partial charge in [-0.1, -0.05) is 6.92 Å². The SMILES string of the molecule is C[C@@H]1CCc2c(sc3nc(CCCl)nc(N)c23)C1. The third kappa shape index (κ3) is 1.97. The van der Waals surface area contributed by atoms with E-state index in [-0.39, 0.29) is 0 Å². The molecule has 0 unspecified atom stereocenters. The lowest BCUT2D eigenvalue weighted by atomic mass is 9.89. The van der Waals surface area contributed by atoms with E-state index in [1.54, 1.807) is 11.3 Å². The third-order valence-electron chi connectivity index (χ3n) is 3.55. The average molecular weight is 282 g/mol. The molecule has 0 saturated carbocycles. The highest BCUT2D eigenvalue weighted by molar-refractivity contribution is 7.19. The van der Waals surface area contributed by atoms with Crippen molar-refractivity contribution in [3.8, 4) is 0 Å². The Morgan fingerprint density at radius 3 is 3.06 bits per heavy atom. The van der Waals surface area contributed by atoms with Crippen molar-refractivity contribution < 1.29 is 0 Å². The highest BCUT2D eigenvalue weighted by Crippen LogP contribution is 2.39. The normalized spacial score (nSPS) is 19.1. The van der Waals surface area contributed by atoms with Crippen LogP contribution >= 0.6 is 22.9 Å². The van der Waals surface area contributed by atoms with Gasteiger partial charge in [0.2, 0.25) is 0 Å². The van der Waals surface area contributed by atoms with Crippen molar-refractivity contribution in [2.75, 3.05) is 11.6 Å². The minimum Gasteiger partial charge on any atom is -0.383 e. The molecule has 1 atom stereocenters. The van der Waals surface area contributed by atoms with E-state index in [0.717, 1.165) is 34.8 Å². The fourth-order valence-electron chi connectivity index (χ4n) is 2.61. The zero-order chi connectivity index (χ0) is 12.7. The van der Waals surface area contributed by atoms with Gasteiger partial charge in [-0.05, 0) is 30.7 Å². The molecular weight excluding hydrogens is 266 g/mol.